The van der Waals surface area contributed by atoms with Gasteiger partial charge in [0, 0.05) is 11.6 Å². The van der Waals surface area contributed by atoms with Crippen molar-refractivity contribution in [3.05, 3.63) is 24.3 Å². The summed E-state index contributed by atoms with van der Waals surface area (Å²) in [7, 11) is -7.04. The Bertz CT molecular complexity index is 598. The van der Waals surface area contributed by atoms with Crippen molar-refractivity contribution in [1.29, 1.82) is 0 Å². The lowest BCUT2D eigenvalue weighted by Gasteiger charge is -2.17. The van der Waals surface area contributed by atoms with Crippen LogP contribution >= 0.6 is 19.1 Å². The number of hydrogen-bond donors (Lipinski definition) is 0. The summed E-state index contributed by atoms with van der Waals surface area (Å²) >= 11 is 1.31. The van der Waals surface area contributed by atoms with Crippen molar-refractivity contribution in [2.24, 2.45) is 0 Å². The molecule has 5 nitrogen and oxygen atoms in total. The van der Waals surface area contributed by atoms with Crippen LogP contribution < -0.4 is 0 Å². The highest BCUT2D eigenvalue weighted by atomic mass is 32.2. The summed E-state index contributed by atoms with van der Waals surface area (Å²) in [6.07, 6.45) is 1.06. The minimum absolute atomic E-state index is 0.0806. The molecule has 1 unspecified atom stereocenters. The van der Waals surface area contributed by atoms with Crippen LogP contribution in [0.15, 0.2) is 34.1 Å². The van der Waals surface area contributed by atoms with E-state index in [1.807, 2.05) is 0 Å². The maximum absolute atomic E-state index is 12.1. The Morgan fingerprint density at radius 1 is 1.30 bits per heavy atom. The van der Waals surface area contributed by atoms with E-state index >= 15 is 0 Å². The summed E-state index contributed by atoms with van der Waals surface area (Å²) in [6.45, 7) is 4.82. The second kappa shape index (κ2) is 7.09. The monoisotopic (exact) mass is 338 g/mol. The Morgan fingerprint density at radius 2 is 1.90 bits per heavy atom. The first-order valence-corrected chi connectivity index (χ1v) is 10.8. The van der Waals surface area contributed by atoms with Crippen LogP contribution in [-0.4, -0.2) is 33.8 Å². The van der Waals surface area contributed by atoms with E-state index in [0.717, 1.165) is 0 Å². The number of benzene rings is 1. The van der Waals surface area contributed by atoms with Crippen molar-refractivity contribution < 1.29 is 21.7 Å². The Hall–Kier alpha value is -0.330. The van der Waals surface area contributed by atoms with Gasteiger partial charge in [0.15, 0.2) is 0 Å². The fraction of sp³-hybridized carbons (Fsp3) is 0.500. The van der Waals surface area contributed by atoms with Crippen LogP contribution in [0.25, 0.3) is 0 Å². The topological polar surface area (TPSA) is 69.7 Å². The van der Waals surface area contributed by atoms with Crippen LogP contribution in [0, 0.1) is 0 Å². The molecule has 0 amide bonds. The maximum atomic E-state index is 12.1. The normalized spacial score (nSPS) is 15.2. The summed E-state index contributed by atoms with van der Waals surface area (Å²) in [5.74, 6) is 0. The second-order valence-corrected chi connectivity index (χ2v) is 9.45. The summed E-state index contributed by atoms with van der Waals surface area (Å²) in [5.41, 5.74) is 0. The summed E-state index contributed by atoms with van der Waals surface area (Å²) in [4.78, 5) is 0.667. The zero-order valence-electron chi connectivity index (χ0n) is 11.9. The number of thioether (sulfide) groups is 1. The van der Waals surface area contributed by atoms with Crippen LogP contribution in [0.3, 0.4) is 0 Å². The molecule has 1 rings (SSSR count). The lowest BCUT2D eigenvalue weighted by atomic mass is 10.4. The van der Waals surface area contributed by atoms with Gasteiger partial charge in [-0.15, -0.1) is 11.8 Å². The molecule has 114 valence electrons. The van der Waals surface area contributed by atoms with E-state index in [1.54, 1.807) is 38.3 Å². The van der Waals surface area contributed by atoms with Crippen LogP contribution in [0.5, 0.6) is 0 Å². The van der Waals surface area contributed by atoms with Crippen molar-refractivity contribution in [2.75, 3.05) is 19.3 Å². The van der Waals surface area contributed by atoms with E-state index in [4.69, 9.17) is 8.71 Å². The maximum Gasteiger partial charge on any atom is 0.298 e. The van der Waals surface area contributed by atoms with Gasteiger partial charge in [0.25, 0.3) is 10.1 Å². The van der Waals surface area contributed by atoms with Gasteiger partial charge in [-0.25, -0.2) is 0 Å². The third-order valence-corrected chi connectivity index (χ3v) is 6.10. The van der Waals surface area contributed by atoms with E-state index < -0.39 is 23.8 Å². The molecule has 0 saturated carbocycles. The molecule has 8 heteroatoms. The molecule has 20 heavy (non-hydrogen) atoms. The standard InChI is InChI=1S/C12H19O5PS2/c1-10(2)17-18(3,13)9-16-20(14,15)12-8-6-5-7-11(12)19-4/h5-8,10H,9H2,1-4H3. The molecular formula is C12H19O5PS2. The minimum atomic E-state index is -3.95. The molecule has 0 aliphatic heterocycles. The average Bonchev–Trinajstić information content (AvgIpc) is 2.35. The van der Waals surface area contributed by atoms with Gasteiger partial charge in [-0.2, -0.15) is 8.42 Å². The molecule has 0 aliphatic rings. The van der Waals surface area contributed by atoms with Gasteiger partial charge in [0.05, 0.1) is 6.10 Å². The molecule has 1 aromatic carbocycles. The Kier molecular flexibility index (Phi) is 6.28. The molecule has 0 radical (unpaired) electrons. The number of hydrogen-bond acceptors (Lipinski definition) is 6. The van der Waals surface area contributed by atoms with Crippen molar-refractivity contribution >= 4 is 29.2 Å². The van der Waals surface area contributed by atoms with Crippen molar-refractivity contribution in [1.82, 2.24) is 0 Å². The van der Waals surface area contributed by atoms with Crippen LogP contribution in [-0.2, 0) is 23.4 Å². The van der Waals surface area contributed by atoms with Gasteiger partial charge in [0.2, 0.25) is 7.37 Å². The zero-order valence-corrected chi connectivity index (χ0v) is 14.4. The van der Waals surface area contributed by atoms with Crippen LogP contribution in [0.4, 0.5) is 0 Å². The summed E-state index contributed by atoms with van der Waals surface area (Å²) in [5, 5.41) is 0. The molecule has 0 heterocycles. The summed E-state index contributed by atoms with van der Waals surface area (Å²) in [6, 6.07) is 6.52. The minimum Gasteiger partial charge on any atom is -0.324 e. The molecule has 0 fully saturated rings. The Balaban J connectivity index is 2.88. The van der Waals surface area contributed by atoms with E-state index in [-0.39, 0.29) is 11.0 Å². The smallest absolute Gasteiger partial charge is 0.298 e. The Labute approximate surface area is 124 Å². The van der Waals surface area contributed by atoms with Crippen molar-refractivity contribution in [2.45, 2.75) is 29.7 Å². The zero-order chi connectivity index (χ0) is 15.4. The van der Waals surface area contributed by atoms with E-state index in [2.05, 4.69) is 0 Å². The van der Waals surface area contributed by atoms with E-state index in [1.165, 1.54) is 24.5 Å². The molecule has 1 aromatic rings. The molecule has 0 saturated heterocycles. The molecule has 0 bridgehead atoms. The molecule has 0 spiro atoms. The van der Waals surface area contributed by atoms with Gasteiger partial charge < -0.3 is 4.52 Å². The molecule has 0 N–H and O–H groups in total. The number of rotatable bonds is 7. The highest BCUT2D eigenvalue weighted by molar-refractivity contribution is 7.99. The predicted octanol–water partition coefficient (Wildman–Crippen LogP) is 3.40. The lowest BCUT2D eigenvalue weighted by molar-refractivity contribution is 0.230. The van der Waals surface area contributed by atoms with Crippen molar-refractivity contribution in [3.8, 4) is 0 Å². The molecular weight excluding hydrogens is 319 g/mol. The first-order chi connectivity index (χ1) is 9.18. The fourth-order valence-corrected chi connectivity index (χ4v) is 5.53. The van der Waals surface area contributed by atoms with Gasteiger partial charge >= 0.3 is 0 Å². The van der Waals surface area contributed by atoms with Crippen LogP contribution in [0.1, 0.15) is 13.8 Å². The summed E-state index contributed by atoms with van der Waals surface area (Å²) < 4.78 is 46.4. The first-order valence-electron chi connectivity index (χ1n) is 5.95. The van der Waals surface area contributed by atoms with E-state index in [0.29, 0.717) is 4.90 Å². The lowest BCUT2D eigenvalue weighted by Crippen LogP contribution is -2.11. The first kappa shape index (κ1) is 17.7. The SMILES string of the molecule is CSc1ccccc1S(=O)(=O)OCP(C)(=O)OC(C)C. The average molecular weight is 338 g/mol. The van der Waals surface area contributed by atoms with Gasteiger partial charge in [-0.1, -0.05) is 12.1 Å². The highest BCUT2D eigenvalue weighted by Crippen LogP contribution is 2.44. The quantitative estimate of drug-likeness (QED) is 0.431. The van der Waals surface area contributed by atoms with Gasteiger partial charge in [0.1, 0.15) is 11.2 Å². The third kappa shape index (κ3) is 5.22. The molecule has 0 aliphatic carbocycles. The van der Waals surface area contributed by atoms with Crippen molar-refractivity contribution in [3.63, 3.8) is 0 Å². The van der Waals surface area contributed by atoms with Gasteiger partial charge in [-0.05, 0) is 32.2 Å². The third-order valence-electron chi connectivity index (χ3n) is 2.21. The molecule has 0 aromatic heterocycles. The van der Waals surface area contributed by atoms with Crippen LogP contribution in [0.2, 0.25) is 0 Å². The highest BCUT2D eigenvalue weighted by Gasteiger charge is 2.25. The van der Waals surface area contributed by atoms with Gasteiger partial charge in [-0.3, -0.25) is 8.75 Å². The molecule has 1 atom stereocenters. The second-order valence-electron chi connectivity index (χ2n) is 4.52. The fourth-order valence-electron chi connectivity index (χ4n) is 1.53. The predicted molar refractivity (Wildman–Crippen MR) is 81.1 cm³/mol. The Morgan fingerprint density at radius 3 is 2.45 bits per heavy atom. The largest absolute Gasteiger partial charge is 0.324 e. The van der Waals surface area contributed by atoms with E-state index in [9.17, 15) is 13.0 Å².